The lowest BCUT2D eigenvalue weighted by molar-refractivity contribution is -0.929. The van der Waals surface area contributed by atoms with E-state index in [-0.39, 0.29) is 5.75 Å². The summed E-state index contributed by atoms with van der Waals surface area (Å²) in [6, 6.07) is 0. The van der Waals surface area contributed by atoms with Crippen molar-refractivity contribution in [2.24, 2.45) is 0 Å². The van der Waals surface area contributed by atoms with Gasteiger partial charge in [-0.2, -0.15) is 0 Å². The van der Waals surface area contributed by atoms with Gasteiger partial charge in [0, 0.05) is 5.75 Å². The summed E-state index contributed by atoms with van der Waals surface area (Å²) < 4.78 is 30.4. The van der Waals surface area contributed by atoms with Gasteiger partial charge in [-0.25, -0.2) is 8.42 Å². The van der Waals surface area contributed by atoms with Gasteiger partial charge in [0.05, 0.1) is 36.3 Å². The van der Waals surface area contributed by atoms with Gasteiger partial charge < -0.3 is 9.04 Å². The van der Waals surface area contributed by atoms with Crippen molar-refractivity contribution in [2.45, 2.75) is 92.4 Å². The number of quaternary nitrogens is 1. The van der Waals surface area contributed by atoms with Gasteiger partial charge >= 0.3 is 0 Å². The molecule has 0 aliphatic heterocycles. The summed E-state index contributed by atoms with van der Waals surface area (Å²) in [4.78, 5) is 0. The molecule has 0 saturated heterocycles. The van der Waals surface area contributed by atoms with Crippen molar-refractivity contribution in [3.05, 3.63) is 0 Å². The van der Waals surface area contributed by atoms with E-state index >= 15 is 0 Å². The number of rotatable bonds is 14. The number of nitrogens with zero attached hydrogens (tertiary/aromatic N) is 1. The standard InChI is InChI=1S/C16H36N.C3H8O3S/c1-5-9-13-17(14-10-6-2,15-11-7-3)16-12-8-4;1-2-3-7(4,5)6/h5-16H2,1-4H3;2-3H2,1H3,(H,4,5,6)/q+1;/p-1. The monoisotopic (exact) mass is 365 g/mol. The fourth-order valence-electron chi connectivity index (χ4n) is 2.89. The highest BCUT2D eigenvalue weighted by Gasteiger charge is 2.24. The van der Waals surface area contributed by atoms with Crippen molar-refractivity contribution >= 4 is 10.1 Å². The summed E-state index contributed by atoms with van der Waals surface area (Å²) in [5.74, 6) is -0.243. The Labute approximate surface area is 152 Å². The van der Waals surface area contributed by atoms with E-state index in [1.165, 1.54) is 82.0 Å². The fraction of sp³-hybridized carbons (Fsp3) is 1.00. The summed E-state index contributed by atoms with van der Waals surface area (Å²) in [6.07, 6.45) is 11.5. The Morgan fingerprint density at radius 3 is 1.04 bits per heavy atom. The molecule has 0 N–H and O–H groups in total. The Morgan fingerprint density at radius 2 is 0.917 bits per heavy atom. The van der Waals surface area contributed by atoms with Gasteiger partial charge in [-0.15, -0.1) is 0 Å². The minimum absolute atomic E-state index is 0.243. The zero-order chi connectivity index (χ0) is 18.9. The predicted molar refractivity (Wildman–Crippen MR) is 104 cm³/mol. The Morgan fingerprint density at radius 1 is 0.625 bits per heavy atom. The average molecular weight is 366 g/mol. The third-order valence-corrected chi connectivity index (χ3v) is 5.31. The molecule has 0 aliphatic rings. The number of hydrogen-bond donors (Lipinski definition) is 0. The summed E-state index contributed by atoms with van der Waals surface area (Å²) >= 11 is 0. The highest BCUT2D eigenvalue weighted by atomic mass is 32.2. The molecule has 5 heteroatoms. The summed E-state index contributed by atoms with van der Waals surface area (Å²) in [5.41, 5.74) is 0. The van der Waals surface area contributed by atoms with Gasteiger partial charge in [-0.3, -0.25) is 0 Å². The molecular formula is C19H43NO3S. The van der Waals surface area contributed by atoms with Crippen molar-refractivity contribution < 1.29 is 17.5 Å². The zero-order valence-corrected chi connectivity index (χ0v) is 17.8. The van der Waals surface area contributed by atoms with Crippen molar-refractivity contribution in [3.8, 4) is 0 Å². The molecule has 0 atom stereocenters. The van der Waals surface area contributed by atoms with Crippen LogP contribution in [-0.2, 0) is 10.1 Å². The van der Waals surface area contributed by atoms with Crippen LogP contribution in [-0.4, -0.2) is 49.4 Å². The SMILES string of the molecule is CCCC[N+](CCCC)(CCCC)CCCC.CCCS(=O)(=O)[O-]. The Hall–Kier alpha value is -0.130. The van der Waals surface area contributed by atoms with Crippen molar-refractivity contribution in [1.82, 2.24) is 0 Å². The molecule has 0 fully saturated rings. The first-order valence-corrected chi connectivity index (χ1v) is 11.7. The summed E-state index contributed by atoms with van der Waals surface area (Å²) in [7, 11) is -3.92. The third kappa shape index (κ3) is 16.7. The van der Waals surface area contributed by atoms with Crippen LogP contribution in [0.25, 0.3) is 0 Å². The zero-order valence-electron chi connectivity index (χ0n) is 17.0. The number of unbranched alkanes of at least 4 members (excludes halogenated alkanes) is 4. The van der Waals surface area contributed by atoms with E-state index in [0.29, 0.717) is 6.42 Å². The van der Waals surface area contributed by atoms with Gasteiger partial charge in [0.1, 0.15) is 0 Å². The molecule has 0 aromatic carbocycles. The molecule has 0 saturated carbocycles. The molecule has 0 aliphatic carbocycles. The Balaban J connectivity index is 0. The minimum Gasteiger partial charge on any atom is -0.748 e. The predicted octanol–water partition coefficient (Wildman–Crippen LogP) is 4.95. The molecule has 0 spiro atoms. The van der Waals surface area contributed by atoms with E-state index in [1.807, 2.05) is 0 Å². The van der Waals surface area contributed by atoms with Crippen LogP contribution in [0, 0.1) is 0 Å². The third-order valence-electron chi connectivity index (χ3n) is 4.40. The van der Waals surface area contributed by atoms with Crippen LogP contribution in [0.3, 0.4) is 0 Å². The van der Waals surface area contributed by atoms with E-state index in [9.17, 15) is 13.0 Å². The van der Waals surface area contributed by atoms with Crippen LogP contribution >= 0.6 is 0 Å². The van der Waals surface area contributed by atoms with Crippen LogP contribution in [0.15, 0.2) is 0 Å². The summed E-state index contributed by atoms with van der Waals surface area (Å²) in [6.45, 7) is 16.7. The maximum Gasteiger partial charge on any atom is 0.0945 e. The van der Waals surface area contributed by atoms with Gasteiger partial charge in [0.15, 0.2) is 0 Å². The normalized spacial score (nSPS) is 11.9. The van der Waals surface area contributed by atoms with Gasteiger partial charge in [-0.05, 0) is 32.1 Å². The molecule has 0 aromatic heterocycles. The number of hydrogen-bond acceptors (Lipinski definition) is 3. The van der Waals surface area contributed by atoms with E-state index in [1.54, 1.807) is 6.92 Å². The second-order valence-corrected chi connectivity index (χ2v) is 8.44. The van der Waals surface area contributed by atoms with E-state index in [4.69, 9.17) is 0 Å². The Bertz CT molecular complexity index is 318. The van der Waals surface area contributed by atoms with Crippen LogP contribution in [0.2, 0.25) is 0 Å². The molecule has 0 heterocycles. The second-order valence-electron chi connectivity index (χ2n) is 6.91. The van der Waals surface area contributed by atoms with Crippen molar-refractivity contribution in [1.29, 1.82) is 0 Å². The Kier molecular flexibility index (Phi) is 17.8. The topological polar surface area (TPSA) is 57.2 Å². The molecule has 4 nitrogen and oxygen atoms in total. The quantitative estimate of drug-likeness (QED) is 0.323. The highest BCUT2D eigenvalue weighted by molar-refractivity contribution is 7.85. The fourth-order valence-corrected chi connectivity index (χ4v) is 3.39. The first-order chi connectivity index (χ1) is 11.3. The van der Waals surface area contributed by atoms with Crippen LogP contribution in [0.5, 0.6) is 0 Å². The molecule has 0 rings (SSSR count). The van der Waals surface area contributed by atoms with Crippen molar-refractivity contribution in [2.75, 3.05) is 31.9 Å². The largest absolute Gasteiger partial charge is 0.748 e. The molecule has 0 unspecified atom stereocenters. The molecule has 24 heavy (non-hydrogen) atoms. The van der Waals surface area contributed by atoms with Gasteiger partial charge in [-0.1, -0.05) is 60.3 Å². The molecule has 0 aromatic rings. The first kappa shape index (κ1) is 26.1. The van der Waals surface area contributed by atoms with Gasteiger partial charge in [0.25, 0.3) is 0 Å². The maximum atomic E-state index is 9.68. The van der Waals surface area contributed by atoms with E-state index in [0.717, 1.165) is 0 Å². The average Bonchev–Trinajstić information content (AvgIpc) is 2.53. The molecule has 0 bridgehead atoms. The second kappa shape index (κ2) is 16.3. The van der Waals surface area contributed by atoms with Crippen LogP contribution in [0.4, 0.5) is 0 Å². The van der Waals surface area contributed by atoms with Gasteiger partial charge in [0.2, 0.25) is 0 Å². The molecular weight excluding hydrogens is 322 g/mol. The lowest BCUT2D eigenvalue weighted by Gasteiger charge is -2.39. The first-order valence-electron chi connectivity index (χ1n) is 10.1. The van der Waals surface area contributed by atoms with Crippen LogP contribution < -0.4 is 0 Å². The van der Waals surface area contributed by atoms with Crippen molar-refractivity contribution in [3.63, 3.8) is 0 Å². The molecule has 0 amide bonds. The molecule has 148 valence electrons. The molecule has 0 radical (unpaired) electrons. The lowest BCUT2D eigenvalue weighted by Crippen LogP contribution is -2.50. The smallest absolute Gasteiger partial charge is 0.0945 e. The maximum absolute atomic E-state index is 9.68. The highest BCUT2D eigenvalue weighted by Crippen LogP contribution is 2.16. The van der Waals surface area contributed by atoms with E-state index < -0.39 is 10.1 Å². The lowest BCUT2D eigenvalue weighted by atomic mass is 10.1. The van der Waals surface area contributed by atoms with Crippen LogP contribution in [0.1, 0.15) is 92.4 Å². The minimum atomic E-state index is -3.92. The van der Waals surface area contributed by atoms with E-state index in [2.05, 4.69) is 27.7 Å². The summed E-state index contributed by atoms with van der Waals surface area (Å²) in [5, 5.41) is 0.